The number of phenols is 1. The Hall–Kier alpha value is -3.93. The molecule has 10 nitrogen and oxygen atoms in total. The summed E-state index contributed by atoms with van der Waals surface area (Å²) >= 11 is 0.531. The molecule has 0 aromatic heterocycles. The van der Waals surface area contributed by atoms with Crippen LogP contribution in [0.5, 0.6) is 11.5 Å². The van der Waals surface area contributed by atoms with Crippen molar-refractivity contribution in [1.82, 2.24) is 4.90 Å². The van der Waals surface area contributed by atoms with Crippen molar-refractivity contribution >= 4 is 46.3 Å². The molecule has 0 atom stereocenters. The summed E-state index contributed by atoms with van der Waals surface area (Å²) in [6.07, 6.45) is 1.20. The van der Waals surface area contributed by atoms with Crippen LogP contribution in [0.2, 0.25) is 0 Å². The first-order valence-electron chi connectivity index (χ1n) is 8.56. The number of phenolic OH excluding ortho intramolecular Hbond substituents is 1. The highest BCUT2D eigenvalue weighted by Crippen LogP contribution is 2.39. The molecule has 0 bridgehead atoms. The number of nitro benzene ring substituents is 1. The number of ether oxygens (including phenoxy) is 1. The van der Waals surface area contributed by atoms with Crippen LogP contribution < -0.4 is 10.1 Å². The van der Waals surface area contributed by atoms with Gasteiger partial charge in [0.25, 0.3) is 11.1 Å². The topological polar surface area (TPSA) is 139 Å². The monoisotopic (exact) mass is 447 g/mol. The first-order chi connectivity index (χ1) is 14.7. The minimum Gasteiger partial charge on any atom is -0.500 e. The summed E-state index contributed by atoms with van der Waals surface area (Å²) in [6, 6.07) is 7.68. The van der Waals surface area contributed by atoms with E-state index in [2.05, 4.69) is 5.32 Å². The third-order valence-electron chi connectivity index (χ3n) is 4.11. The van der Waals surface area contributed by atoms with E-state index in [0.717, 1.165) is 12.1 Å². The second kappa shape index (κ2) is 8.83. The van der Waals surface area contributed by atoms with Crippen molar-refractivity contribution in [3.8, 4) is 11.5 Å². The molecule has 1 aliphatic heterocycles. The van der Waals surface area contributed by atoms with Crippen molar-refractivity contribution in [2.75, 3.05) is 19.0 Å². The lowest BCUT2D eigenvalue weighted by Crippen LogP contribution is -2.36. The van der Waals surface area contributed by atoms with E-state index in [-0.39, 0.29) is 21.9 Å². The summed E-state index contributed by atoms with van der Waals surface area (Å²) in [4.78, 5) is 47.8. The maximum absolute atomic E-state index is 13.6. The maximum atomic E-state index is 13.6. The highest BCUT2D eigenvalue weighted by Gasteiger charge is 2.36. The Labute approximate surface area is 178 Å². The van der Waals surface area contributed by atoms with Gasteiger partial charge in [0, 0.05) is 6.07 Å². The van der Waals surface area contributed by atoms with Crippen LogP contribution in [0, 0.1) is 15.9 Å². The molecule has 2 aromatic rings. The molecule has 1 aliphatic rings. The number of benzene rings is 2. The molecule has 160 valence electrons. The maximum Gasteiger partial charge on any atom is 0.315 e. The van der Waals surface area contributed by atoms with Crippen LogP contribution in [-0.4, -0.2) is 45.6 Å². The third kappa shape index (κ3) is 4.64. The molecular weight excluding hydrogens is 433 g/mol. The Kier molecular flexibility index (Phi) is 6.20. The summed E-state index contributed by atoms with van der Waals surface area (Å²) < 4.78 is 18.5. The lowest BCUT2D eigenvalue weighted by molar-refractivity contribution is -0.386. The fraction of sp³-hybridized carbons (Fsp3) is 0.105. The smallest absolute Gasteiger partial charge is 0.315 e. The molecule has 2 N–H and O–H groups in total. The van der Waals surface area contributed by atoms with Gasteiger partial charge in [-0.15, -0.1) is 0 Å². The lowest BCUT2D eigenvalue weighted by Gasteiger charge is -2.12. The van der Waals surface area contributed by atoms with Crippen molar-refractivity contribution in [2.24, 2.45) is 0 Å². The second-order valence-corrected chi connectivity index (χ2v) is 7.14. The number of nitrogens with zero attached hydrogens (tertiary/aromatic N) is 2. The van der Waals surface area contributed by atoms with Gasteiger partial charge < -0.3 is 15.2 Å². The molecule has 2 aromatic carbocycles. The fourth-order valence-corrected chi connectivity index (χ4v) is 3.51. The molecule has 0 aliphatic carbocycles. The van der Waals surface area contributed by atoms with Gasteiger partial charge in [-0.05, 0) is 41.6 Å². The van der Waals surface area contributed by atoms with Gasteiger partial charge in [-0.25, -0.2) is 4.39 Å². The van der Waals surface area contributed by atoms with Gasteiger partial charge in [-0.2, -0.15) is 0 Å². The van der Waals surface area contributed by atoms with Gasteiger partial charge in [-0.1, -0.05) is 12.1 Å². The van der Waals surface area contributed by atoms with Crippen molar-refractivity contribution in [2.45, 2.75) is 0 Å². The number of halogens is 1. The number of hydrogen-bond acceptors (Lipinski definition) is 8. The van der Waals surface area contributed by atoms with Gasteiger partial charge in [0.1, 0.15) is 12.4 Å². The number of carbonyl (C=O) groups excluding carboxylic acids is 3. The fourth-order valence-electron chi connectivity index (χ4n) is 2.68. The number of anilines is 1. The van der Waals surface area contributed by atoms with E-state index in [9.17, 15) is 34.0 Å². The van der Waals surface area contributed by atoms with Crippen molar-refractivity contribution in [1.29, 1.82) is 0 Å². The molecule has 3 amide bonds. The summed E-state index contributed by atoms with van der Waals surface area (Å²) in [6.45, 7) is -0.643. The number of methoxy groups -OCH3 is 1. The average molecular weight is 447 g/mol. The summed E-state index contributed by atoms with van der Waals surface area (Å²) in [5.74, 6) is -3.12. The molecule has 31 heavy (non-hydrogen) atoms. The molecule has 0 radical (unpaired) electrons. The molecular formula is C19H14FN3O7S. The van der Waals surface area contributed by atoms with Crippen LogP contribution >= 0.6 is 11.8 Å². The Morgan fingerprint density at radius 2 is 2.06 bits per heavy atom. The molecule has 0 saturated carbocycles. The predicted molar refractivity (Wildman–Crippen MR) is 109 cm³/mol. The minimum absolute atomic E-state index is 0.0919. The van der Waals surface area contributed by atoms with Crippen LogP contribution in [0.25, 0.3) is 6.08 Å². The highest BCUT2D eigenvalue weighted by atomic mass is 32.2. The van der Waals surface area contributed by atoms with Crippen LogP contribution in [0.15, 0.2) is 41.3 Å². The Morgan fingerprint density at radius 1 is 1.35 bits per heavy atom. The zero-order valence-electron chi connectivity index (χ0n) is 15.8. The van der Waals surface area contributed by atoms with Crippen LogP contribution in [0.3, 0.4) is 0 Å². The number of aromatic hydroxyl groups is 1. The molecule has 0 unspecified atom stereocenters. The molecule has 1 fully saturated rings. The van der Waals surface area contributed by atoms with E-state index in [4.69, 9.17) is 4.74 Å². The van der Waals surface area contributed by atoms with Gasteiger partial charge in [0.2, 0.25) is 11.7 Å². The molecule has 1 heterocycles. The molecule has 1 saturated heterocycles. The van der Waals surface area contributed by atoms with E-state index in [1.807, 2.05) is 0 Å². The largest absolute Gasteiger partial charge is 0.500 e. The number of imide groups is 1. The van der Waals surface area contributed by atoms with Gasteiger partial charge in [0.15, 0.2) is 5.75 Å². The van der Waals surface area contributed by atoms with Crippen molar-refractivity contribution in [3.05, 3.63) is 62.8 Å². The quantitative estimate of drug-likeness (QED) is 0.391. The lowest BCUT2D eigenvalue weighted by atomic mass is 10.1. The number of hydrogen-bond donors (Lipinski definition) is 2. The van der Waals surface area contributed by atoms with E-state index < -0.39 is 45.8 Å². The Balaban J connectivity index is 1.81. The zero-order chi connectivity index (χ0) is 22.7. The van der Waals surface area contributed by atoms with Crippen LogP contribution in [0.1, 0.15) is 5.56 Å². The average Bonchev–Trinajstić information content (AvgIpc) is 2.98. The van der Waals surface area contributed by atoms with Gasteiger partial charge in [0.05, 0.1) is 22.6 Å². The molecule has 3 rings (SSSR count). The van der Waals surface area contributed by atoms with Gasteiger partial charge in [-0.3, -0.25) is 29.4 Å². The number of para-hydroxylation sites is 1. The number of nitrogens with one attached hydrogen (secondary N) is 1. The number of carbonyl (C=O) groups is 3. The molecule has 12 heteroatoms. The highest BCUT2D eigenvalue weighted by molar-refractivity contribution is 8.18. The van der Waals surface area contributed by atoms with E-state index in [1.165, 1.54) is 37.5 Å². The zero-order valence-corrected chi connectivity index (χ0v) is 16.6. The first-order valence-corrected chi connectivity index (χ1v) is 9.38. The van der Waals surface area contributed by atoms with E-state index in [1.54, 1.807) is 0 Å². The third-order valence-corrected chi connectivity index (χ3v) is 5.02. The SMILES string of the molecule is COc1cc(C=C2SC(=O)N(CC(=O)Nc3ccccc3F)C2=O)cc([N+](=O)[O-])c1O. The summed E-state index contributed by atoms with van der Waals surface area (Å²) in [5.41, 5.74) is -0.615. The normalized spacial score (nSPS) is 14.8. The Bertz CT molecular complexity index is 1140. The van der Waals surface area contributed by atoms with Gasteiger partial charge >= 0.3 is 5.69 Å². The van der Waals surface area contributed by atoms with E-state index >= 15 is 0 Å². The van der Waals surface area contributed by atoms with E-state index in [0.29, 0.717) is 16.7 Å². The minimum atomic E-state index is -0.825. The molecule has 0 spiro atoms. The van der Waals surface area contributed by atoms with Crippen molar-refractivity contribution in [3.63, 3.8) is 0 Å². The number of amides is 3. The van der Waals surface area contributed by atoms with Crippen molar-refractivity contribution < 1.29 is 33.5 Å². The van der Waals surface area contributed by atoms with Crippen LogP contribution in [-0.2, 0) is 9.59 Å². The Morgan fingerprint density at radius 3 is 2.71 bits per heavy atom. The second-order valence-electron chi connectivity index (χ2n) is 6.14. The number of nitro groups is 1. The standard InChI is InChI=1S/C19H14FN3O7S/c1-30-14-7-10(6-13(17(14)25)23(28)29)8-15-18(26)22(19(27)31-15)9-16(24)21-12-5-3-2-4-11(12)20/h2-8,25H,9H2,1H3,(H,21,24). The number of rotatable bonds is 6. The first kappa shape index (κ1) is 21.8. The summed E-state index contributed by atoms with van der Waals surface area (Å²) in [7, 11) is 1.20. The number of thioether (sulfide) groups is 1. The van der Waals surface area contributed by atoms with Crippen LogP contribution in [0.4, 0.5) is 20.6 Å². The predicted octanol–water partition coefficient (Wildman–Crippen LogP) is 3.12. The summed E-state index contributed by atoms with van der Waals surface area (Å²) in [5, 5.41) is 22.5.